The summed E-state index contributed by atoms with van der Waals surface area (Å²) in [6, 6.07) is 9.47. The van der Waals surface area contributed by atoms with Crippen LogP contribution in [0.5, 0.6) is 0 Å². The Morgan fingerprint density at radius 3 is 2.44 bits per heavy atom. The lowest BCUT2D eigenvalue weighted by atomic mass is 10.0. The molecule has 0 unspecified atom stereocenters. The predicted octanol–water partition coefficient (Wildman–Crippen LogP) is 2.30. The molecule has 1 aliphatic heterocycles. The Bertz CT molecular complexity index is 442. The van der Waals surface area contributed by atoms with Gasteiger partial charge in [-0.2, -0.15) is 0 Å². The largest absolute Gasteiger partial charge is 0.325 e. The third kappa shape index (κ3) is 2.23. The van der Waals surface area contributed by atoms with Gasteiger partial charge in [0, 0.05) is 18.8 Å². The van der Waals surface area contributed by atoms with E-state index in [0.29, 0.717) is 13.1 Å². The van der Waals surface area contributed by atoms with Crippen LogP contribution in [0, 0.1) is 0 Å². The second-order valence-electron chi connectivity index (χ2n) is 5.05. The monoisotopic (exact) mass is 246 g/mol. The molecule has 2 amide bonds. The molecule has 0 radical (unpaired) electrons. The Labute approximate surface area is 107 Å². The first-order chi connectivity index (χ1) is 8.56. The third-order valence-electron chi connectivity index (χ3n) is 3.28. The van der Waals surface area contributed by atoms with Crippen molar-refractivity contribution >= 4 is 18.0 Å². The van der Waals surface area contributed by atoms with E-state index >= 15 is 0 Å². The van der Waals surface area contributed by atoms with Crippen LogP contribution < -0.4 is 4.90 Å². The lowest BCUT2D eigenvalue weighted by molar-refractivity contribution is -0.115. The van der Waals surface area contributed by atoms with Gasteiger partial charge >= 0.3 is 6.03 Å². The molecule has 0 atom stereocenters. The Morgan fingerprint density at radius 2 is 1.83 bits per heavy atom. The second kappa shape index (κ2) is 4.80. The van der Waals surface area contributed by atoms with Crippen molar-refractivity contribution in [3.63, 3.8) is 0 Å². The molecule has 96 valence electrons. The number of amides is 2. The van der Waals surface area contributed by atoms with Gasteiger partial charge in [-0.15, -0.1) is 0 Å². The number of hydrogen-bond acceptors (Lipinski definition) is 2. The summed E-state index contributed by atoms with van der Waals surface area (Å²) in [6.07, 6.45) is 1.71. The van der Waals surface area contributed by atoms with Gasteiger partial charge in [-0.1, -0.05) is 18.2 Å². The molecule has 0 aromatic heterocycles. The lowest BCUT2D eigenvalue weighted by Gasteiger charge is -2.42. The Kier molecular flexibility index (Phi) is 3.36. The highest BCUT2D eigenvalue weighted by atomic mass is 16.2. The van der Waals surface area contributed by atoms with Gasteiger partial charge in [-0.25, -0.2) is 4.79 Å². The zero-order valence-electron chi connectivity index (χ0n) is 10.8. The summed E-state index contributed by atoms with van der Waals surface area (Å²) in [6.45, 7) is 4.88. The minimum atomic E-state index is -0.746. The number of carbonyl (C=O) groups excluding carboxylic acids is 2. The molecular weight excluding hydrogens is 228 g/mol. The number of nitrogens with zero attached hydrogens (tertiary/aromatic N) is 2. The van der Waals surface area contributed by atoms with Crippen LogP contribution >= 0.6 is 0 Å². The van der Waals surface area contributed by atoms with Crippen LogP contribution in [-0.2, 0) is 4.79 Å². The van der Waals surface area contributed by atoms with Crippen molar-refractivity contribution in [2.45, 2.75) is 25.8 Å². The van der Waals surface area contributed by atoms with Gasteiger partial charge in [0.05, 0.1) is 5.54 Å². The zero-order chi connectivity index (χ0) is 13.2. The van der Waals surface area contributed by atoms with Gasteiger partial charge in [-0.3, -0.25) is 4.90 Å². The minimum absolute atomic E-state index is 0.0930. The number of urea groups is 1. The summed E-state index contributed by atoms with van der Waals surface area (Å²) >= 11 is 0. The van der Waals surface area contributed by atoms with E-state index in [2.05, 4.69) is 0 Å². The normalized spacial score (nSPS) is 16.9. The van der Waals surface area contributed by atoms with E-state index in [1.807, 2.05) is 30.3 Å². The molecule has 18 heavy (non-hydrogen) atoms. The fourth-order valence-corrected chi connectivity index (χ4v) is 2.17. The minimum Gasteiger partial charge on any atom is -0.312 e. The quantitative estimate of drug-likeness (QED) is 0.768. The maximum Gasteiger partial charge on any atom is 0.325 e. The van der Waals surface area contributed by atoms with Crippen molar-refractivity contribution < 1.29 is 9.59 Å². The smallest absolute Gasteiger partial charge is 0.312 e. The molecule has 1 heterocycles. The highest BCUT2D eigenvalue weighted by Gasteiger charge is 2.36. The second-order valence-corrected chi connectivity index (χ2v) is 5.05. The van der Waals surface area contributed by atoms with Crippen molar-refractivity contribution in [3.8, 4) is 0 Å². The van der Waals surface area contributed by atoms with E-state index < -0.39 is 5.54 Å². The van der Waals surface area contributed by atoms with Crippen LogP contribution in [0.1, 0.15) is 20.3 Å². The first-order valence-corrected chi connectivity index (χ1v) is 6.17. The molecule has 0 aliphatic carbocycles. The van der Waals surface area contributed by atoms with Crippen LogP contribution in [0.25, 0.3) is 0 Å². The average molecular weight is 246 g/mol. The number of aldehydes is 1. The summed E-state index contributed by atoms with van der Waals surface area (Å²) in [5.74, 6) is 0. The topological polar surface area (TPSA) is 40.6 Å². The van der Waals surface area contributed by atoms with Crippen molar-refractivity contribution in [3.05, 3.63) is 30.3 Å². The molecule has 1 fully saturated rings. The molecule has 1 saturated heterocycles. The Balaban J connectivity index is 2.25. The maximum atomic E-state index is 12.4. The molecule has 0 spiro atoms. The highest BCUT2D eigenvalue weighted by molar-refractivity contribution is 5.94. The van der Waals surface area contributed by atoms with E-state index in [0.717, 1.165) is 18.4 Å². The molecule has 2 rings (SSSR count). The van der Waals surface area contributed by atoms with E-state index in [4.69, 9.17) is 0 Å². The third-order valence-corrected chi connectivity index (χ3v) is 3.28. The fourth-order valence-electron chi connectivity index (χ4n) is 2.17. The average Bonchev–Trinajstić information content (AvgIpc) is 2.40. The molecule has 0 N–H and O–H groups in total. The van der Waals surface area contributed by atoms with Crippen molar-refractivity contribution in [1.82, 2.24) is 4.90 Å². The number of hydrogen-bond donors (Lipinski definition) is 0. The first kappa shape index (κ1) is 12.6. The number of benzene rings is 1. The lowest BCUT2D eigenvalue weighted by Crippen LogP contribution is -2.58. The molecule has 1 aromatic rings. The number of anilines is 1. The van der Waals surface area contributed by atoms with Gasteiger partial charge in [-0.05, 0) is 32.4 Å². The van der Waals surface area contributed by atoms with Crippen LogP contribution in [-0.4, -0.2) is 35.8 Å². The Morgan fingerprint density at radius 1 is 1.17 bits per heavy atom. The predicted molar refractivity (Wildman–Crippen MR) is 70.7 cm³/mol. The van der Waals surface area contributed by atoms with Crippen LogP contribution in [0.3, 0.4) is 0 Å². The molecule has 1 aliphatic rings. The number of rotatable bonds is 3. The summed E-state index contributed by atoms with van der Waals surface area (Å²) in [7, 11) is 0. The standard InChI is InChI=1S/C14H18N2O2/c1-14(2,11-17)16-10-6-9-15(13(16)18)12-7-4-3-5-8-12/h3-5,7-8,11H,6,9-10H2,1-2H3. The van der Waals surface area contributed by atoms with Crippen LogP contribution in [0.2, 0.25) is 0 Å². The molecule has 4 heteroatoms. The van der Waals surface area contributed by atoms with E-state index in [1.54, 1.807) is 23.6 Å². The molecule has 4 nitrogen and oxygen atoms in total. The van der Waals surface area contributed by atoms with Crippen LogP contribution in [0.4, 0.5) is 10.5 Å². The van der Waals surface area contributed by atoms with Gasteiger partial charge in [0.1, 0.15) is 6.29 Å². The Hall–Kier alpha value is -1.84. The first-order valence-electron chi connectivity index (χ1n) is 6.17. The van der Waals surface area contributed by atoms with Gasteiger partial charge in [0.15, 0.2) is 0 Å². The van der Waals surface area contributed by atoms with Crippen molar-refractivity contribution in [1.29, 1.82) is 0 Å². The van der Waals surface area contributed by atoms with Gasteiger partial charge in [0.2, 0.25) is 0 Å². The SMILES string of the molecule is CC(C)(C=O)N1CCCN(c2ccccc2)C1=O. The highest BCUT2D eigenvalue weighted by Crippen LogP contribution is 2.24. The summed E-state index contributed by atoms with van der Waals surface area (Å²) in [5, 5.41) is 0. The molecule has 0 saturated carbocycles. The van der Waals surface area contributed by atoms with E-state index in [-0.39, 0.29) is 6.03 Å². The summed E-state index contributed by atoms with van der Waals surface area (Å²) in [5.41, 5.74) is 0.138. The molecule has 1 aromatic carbocycles. The van der Waals surface area contributed by atoms with E-state index in [1.165, 1.54) is 0 Å². The zero-order valence-corrected chi connectivity index (χ0v) is 10.8. The molecule has 0 bridgehead atoms. The van der Waals surface area contributed by atoms with Gasteiger partial charge in [0.25, 0.3) is 0 Å². The molecular formula is C14H18N2O2. The fraction of sp³-hybridized carbons (Fsp3) is 0.429. The number of para-hydroxylation sites is 1. The summed E-state index contributed by atoms with van der Waals surface area (Å²) < 4.78 is 0. The van der Waals surface area contributed by atoms with Gasteiger partial charge < -0.3 is 9.69 Å². The van der Waals surface area contributed by atoms with Crippen LogP contribution in [0.15, 0.2) is 30.3 Å². The maximum absolute atomic E-state index is 12.4. The summed E-state index contributed by atoms with van der Waals surface area (Å²) in [4.78, 5) is 26.9. The van der Waals surface area contributed by atoms with Crippen molar-refractivity contribution in [2.75, 3.05) is 18.0 Å². The van der Waals surface area contributed by atoms with E-state index in [9.17, 15) is 9.59 Å². The number of carbonyl (C=O) groups is 2. The van der Waals surface area contributed by atoms with Crippen molar-refractivity contribution in [2.24, 2.45) is 0 Å².